The van der Waals surface area contributed by atoms with E-state index in [9.17, 15) is 4.79 Å². The van der Waals surface area contributed by atoms with Crippen molar-refractivity contribution in [1.29, 1.82) is 0 Å². The molecule has 1 aliphatic rings. The highest BCUT2D eigenvalue weighted by atomic mass is 16.5. The molecule has 3 aromatic heterocycles. The minimum Gasteiger partial charge on any atom is -0.461 e. The Morgan fingerprint density at radius 1 is 1.38 bits per heavy atom. The van der Waals surface area contributed by atoms with E-state index in [0.29, 0.717) is 37.1 Å². The smallest absolute Gasteiger partial charge is 0.267 e. The van der Waals surface area contributed by atoms with Crippen LogP contribution in [0.25, 0.3) is 11.6 Å². The first-order valence-corrected chi connectivity index (χ1v) is 7.91. The molecule has 1 aliphatic heterocycles. The maximum absolute atomic E-state index is 12.0. The van der Waals surface area contributed by atoms with Crippen LogP contribution in [0.4, 0.5) is 0 Å². The first-order chi connectivity index (χ1) is 11.7. The maximum atomic E-state index is 12.0. The van der Waals surface area contributed by atoms with Gasteiger partial charge in [-0.2, -0.15) is 10.1 Å². The molecule has 0 aromatic carbocycles. The van der Waals surface area contributed by atoms with E-state index < -0.39 is 0 Å². The van der Waals surface area contributed by atoms with E-state index in [0.717, 1.165) is 24.2 Å². The van der Waals surface area contributed by atoms with E-state index in [1.54, 1.807) is 24.5 Å². The van der Waals surface area contributed by atoms with Crippen LogP contribution in [0.3, 0.4) is 0 Å². The van der Waals surface area contributed by atoms with Crippen LogP contribution in [-0.2, 0) is 26.1 Å². The average molecular weight is 327 g/mol. The van der Waals surface area contributed by atoms with Crippen LogP contribution < -0.4 is 5.56 Å². The topological polar surface area (TPSA) is 90.2 Å². The van der Waals surface area contributed by atoms with Crippen LogP contribution in [0, 0.1) is 0 Å². The van der Waals surface area contributed by atoms with Gasteiger partial charge in [0.1, 0.15) is 0 Å². The molecule has 0 saturated heterocycles. The van der Waals surface area contributed by atoms with Gasteiger partial charge in [-0.15, -0.1) is 0 Å². The summed E-state index contributed by atoms with van der Waals surface area (Å²) in [5, 5.41) is 8.36. The normalized spacial score (nSPS) is 14.7. The summed E-state index contributed by atoms with van der Waals surface area (Å²) in [5.74, 6) is 1.55. The Labute approximate surface area is 137 Å². The summed E-state index contributed by atoms with van der Waals surface area (Å²) in [6.45, 7) is 4.53. The van der Waals surface area contributed by atoms with Crippen molar-refractivity contribution in [3.05, 3.63) is 52.0 Å². The summed E-state index contributed by atoms with van der Waals surface area (Å²) < 4.78 is 12.1. The predicted molar refractivity (Wildman–Crippen MR) is 84.0 cm³/mol. The lowest BCUT2D eigenvalue weighted by Gasteiger charge is -2.26. The van der Waals surface area contributed by atoms with Gasteiger partial charge in [0.25, 0.3) is 5.56 Å². The van der Waals surface area contributed by atoms with Crippen molar-refractivity contribution >= 4 is 0 Å². The van der Waals surface area contributed by atoms with Gasteiger partial charge in [0.05, 0.1) is 18.5 Å². The van der Waals surface area contributed by atoms with Gasteiger partial charge in [-0.1, -0.05) is 5.16 Å². The Hall–Kier alpha value is -2.74. The highest BCUT2D eigenvalue weighted by molar-refractivity contribution is 5.44. The summed E-state index contributed by atoms with van der Waals surface area (Å²) in [6, 6.07) is 5.25. The van der Waals surface area contributed by atoms with Crippen molar-refractivity contribution in [2.75, 3.05) is 6.54 Å². The second kappa shape index (κ2) is 6.04. The monoisotopic (exact) mass is 327 g/mol. The van der Waals surface area contributed by atoms with Crippen LogP contribution in [-0.4, -0.2) is 31.4 Å². The molecule has 0 unspecified atom stereocenters. The van der Waals surface area contributed by atoms with Crippen molar-refractivity contribution in [2.45, 2.75) is 33.0 Å². The SMILES string of the molecule is CCn1nc2c(cc1=O)CN(Cc1nc(-c3ccco3)no1)CC2. The Bertz CT molecular complexity index is 897. The summed E-state index contributed by atoms with van der Waals surface area (Å²) in [5.41, 5.74) is 1.91. The van der Waals surface area contributed by atoms with E-state index in [4.69, 9.17) is 8.94 Å². The van der Waals surface area contributed by atoms with Gasteiger partial charge < -0.3 is 8.94 Å². The Balaban J connectivity index is 1.49. The first-order valence-electron chi connectivity index (χ1n) is 7.91. The average Bonchev–Trinajstić information content (AvgIpc) is 3.25. The van der Waals surface area contributed by atoms with Crippen LogP contribution in [0.5, 0.6) is 0 Å². The highest BCUT2D eigenvalue weighted by Gasteiger charge is 2.21. The largest absolute Gasteiger partial charge is 0.461 e. The molecule has 0 amide bonds. The molecular weight excluding hydrogens is 310 g/mol. The minimum atomic E-state index is -0.0593. The minimum absolute atomic E-state index is 0.0593. The molecule has 8 nitrogen and oxygen atoms in total. The van der Waals surface area contributed by atoms with Gasteiger partial charge in [-0.25, -0.2) is 4.68 Å². The quantitative estimate of drug-likeness (QED) is 0.716. The number of fused-ring (bicyclic) bond motifs is 1. The number of rotatable bonds is 4. The molecule has 0 fully saturated rings. The third kappa shape index (κ3) is 2.76. The van der Waals surface area contributed by atoms with Gasteiger partial charge in [0.2, 0.25) is 11.7 Å². The third-order valence-electron chi connectivity index (χ3n) is 4.09. The lowest BCUT2D eigenvalue weighted by molar-refractivity contribution is 0.207. The number of aromatic nitrogens is 4. The maximum Gasteiger partial charge on any atom is 0.267 e. The standard InChI is InChI=1S/C16H17N5O3/c1-2-21-15(22)8-11-9-20(6-5-12(11)18-21)10-14-17-16(19-24-14)13-4-3-7-23-13/h3-4,7-8H,2,5-6,9-10H2,1H3. The van der Waals surface area contributed by atoms with E-state index in [-0.39, 0.29) is 5.56 Å². The predicted octanol–water partition coefficient (Wildman–Crippen LogP) is 1.46. The fraction of sp³-hybridized carbons (Fsp3) is 0.375. The number of aryl methyl sites for hydroxylation is 1. The third-order valence-corrected chi connectivity index (χ3v) is 4.09. The molecule has 0 aliphatic carbocycles. The highest BCUT2D eigenvalue weighted by Crippen LogP contribution is 2.19. The van der Waals surface area contributed by atoms with Gasteiger partial charge in [0.15, 0.2) is 5.76 Å². The molecule has 24 heavy (non-hydrogen) atoms. The van der Waals surface area contributed by atoms with Crippen LogP contribution in [0.15, 0.2) is 38.2 Å². The Morgan fingerprint density at radius 2 is 2.29 bits per heavy atom. The zero-order valence-electron chi connectivity index (χ0n) is 13.3. The van der Waals surface area contributed by atoms with Gasteiger partial charge in [-0.05, 0) is 24.6 Å². The van der Waals surface area contributed by atoms with E-state index >= 15 is 0 Å². The van der Waals surface area contributed by atoms with E-state index in [1.165, 1.54) is 4.68 Å². The molecule has 124 valence electrons. The van der Waals surface area contributed by atoms with E-state index in [1.807, 2.05) is 6.92 Å². The molecule has 0 N–H and O–H groups in total. The molecule has 0 bridgehead atoms. The Morgan fingerprint density at radius 3 is 3.08 bits per heavy atom. The molecule has 0 atom stereocenters. The van der Waals surface area contributed by atoms with Gasteiger partial charge >= 0.3 is 0 Å². The van der Waals surface area contributed by atoms with Crippen LogP contribution in [0.2, 0.25) is 0 Å². The lowest BCUT2D eigenvalue weighted by Crippen LogP contribution is -2.34. The second-order valence-electron chi connectivity index (χ2n) is 5.72. The Kier molecular flexibility index (Phi) is 3.73. The summed E-state index contributed by atoms with van der Waals surface area (Å²) in [7, 11) is 0. The zero-order chi connectivity index (χ0) is 16.5. The molecule has 4 rings (SSSR count). The van der Waals surface area contributed by atoms with Gasteiger partial charge in [-0.3, -0.25) is 9.69 Å². The zero-order valence-corrected chi connectivity index (χ0v) is 13.3. The fourth-order valence-corrected chi connectivity index (χ4v) is 2.88. The van der Waals surface area contributed by atoms with Crippen molar-refractivity contribution in [1.82, 2.24) is 24.8 Å². The number of hydrogen-bond acceptors (Lipinski definition) is 7. The molecule has 3 aromatic rings. The molecule has 8 heteroatoms. The van der Waals surface area contributed by atoms with Crippen LogP contribution in [0.1, 0.15) is 24.1 Å². The summed E-state index contributed by atoms with van der Waals surface area (Å²) in [4.78, 5) is 18.5. The van der Waals surface area contributed by atoms with E-state index in [2.05, 4.69) is 20.1 Å². The molecule has 0 radical (unpaired) electrons. The molecule has 4 heterocycles. The van der Waals surface area contributed by atoms with Crippen molar-refractivity contribution in [2.24, 2.45) is 0 Å². The number of hydrogen-bond donors (Lipinski definition) is 0. The molecule has 0 spiro atoms. The lowest BCUT2D eigenvalue weighted by atomic mass is 10.1. The molecule has 0 saturated carbocycles. The first kappa shape index (κ1) is 14.8. The van der Waals surface area contributed by atoms with Crippen LogP contribution >= 0.6 is 0 Å². The summed E-state index contributed by atoms with van der Waals surface area (Å²) in [6.07, 6.45) is 2.37. The second-order valence-corrected chi connectivity index (χ2v) is 5.72. The van der Waals surface area contributed by atoms with Crippen molar-refractivity contribution in [3.8, 4) is 11.6 Å². The fourth-order valence-electron chi connectivity index (χ4n) is 2.88. The van der Waals surface area contributed by atoms with Crippen molar-refractivity contribution in [3.63, 3.8) is 0 Å². The number of nitrogens with zero attached hydrogens (tertiary/aromatic N) is 5. The van der Waals surface area contributed by atoms with Gasteiger partial charge in [0, 0.05) is 32.1 Å². The molecular formula is C16H17N5O3. The van der Waals surface area contributed by atoms with Crippen molar-refractivity contribution < 1.29 is 8.94 Å². The number of furan rings is 1. The summed E-state index contributed by atoms with van der Waals surface area (Å²) >= 11 is 0.